The van der Waals surface area contributed by atoms with E-state index in [0.717, 1.165) is 25.9 Å². The molecule has 0 unspecified atom stereocenters. The van der Waals surface area contributed by atoms with Crippen LogP contribution >= 0.6 is 22.9 Å². The van der Waals surface area contributed by atoms with Gasteiger partial charge in [-0.25, -0.2) is 4.98 Å². The summed E-state index contributed by atoms with van der Waals surface area (Å²) in [6, 6.07) is 0. The molecule has 1 aliphatic rings. The van der Waals surface area contributed by atoms with E-state index < -0.39 is 0 Å². The maximum atomic E-state index is 11.7. The number of likely N-dealkylation sites (tertiary alicyclic amines) is 1. The molecule has 0 saturated carbocycles. The zero-order chi connectivity index (χ0) is 9.26. The van der Waals surface area contributed by atoms with Crippen LogP contribution < -0.4 is 0 Å². The standard InChI is InChI=1S/C8H9ClN2OS/c9-6-5-13-7(10-6)8(12)11-3-1-2-4-11/h5H,1-4H2. The Bertz CT molecular complexity index is 320. The summed E-state index contributed by atoms with van der Waals surface area (Å²) in [7, 11) is 0. The van der Waals surface area contributed by atoms with Gasteiger partial charge in [-0.1, -0.05) is 11.6 Å². The molecule has 0 bridgehead atoms. The molecule has 0 radical (unpaired) electrons. The molecule has 1 aromatic rings. The third-order valence-electron chi connectivity index (χ3n) is 2.05. The Hall–Kier alpha value is -0.610. The van der Waals surface area contributed by atoms with Gasteiger partial charge in [-0.3, -0.25) is 4.79 Å². The van der Waals surface area contributed by atoms with Crippen LogP contribution in [0.2, 0.25) is 5.15 Å². The molecule has 2 heterocycles. The molecule has 0 atom stereocenters. The van der Waals surface area contributed by atoms with Gasteiger partial charge in [0.25, 0.3) is 5.91 Å². The number of hydrogen-bond acceptors (Lipinski definition) is 3. The van der Waals surface area contributed by atoms with E-state index in [1.807, 2.05) is 4.90 Å². The highest BCUT2D eigenvalue weighted by Gasteiger charge is 2.21. The molecule has 1 amide bonds. The summed E-state index contributed by atoms with van der Waals surface area (Å²) >= 11 is 6.95. The third-order valence-corrected chi connectivity index (χ3v) is 3.21. The van der Waals surface area contributed by atoms with Gasteiger partial charge in [0.1, 0.15) is 5.15 Å². The van der Waals surface area contributed by atoms with Crippen molar-refractivity contribution in [1.82, 2.24) is 9.88 Å². The van der Waals surface area contributed by atoms with E-state index in [1.54, 1.807) is 5.38 Å². The van der Waals surface area contributed by atoms with Crippen molar-refractivity contribution < 1.29 is 4.79 Å². The number of carbonyl (C=O) groups excluding carboxylic acids is 1. The molecular formula is C8H9ClN2OS. The Labute approximate surface area is 85.3 Å². The van der Waals surface area contributed by atoms with Crippen LogP contribution in [-0.2, 0) is 0 Å². The van der Waals surface area contributed by atoms with Crippen LogP contribution in [0, 0.1) is 0 Å². The molecular weight excluding hydrogens is 208 g/mol. The van der Waals surface area contributed by atoms with Crippen molar-refractivity contribution in [3.8, 4) is 0 Å². The zero-order valence-electron chi connectivity index (χ0n) is 6.99. The minimum Gasteiger partial charge on any atom is -0.337 e. The largest absolute Gasteiger partial charge is 0.337 e. The van der Waals surface area contributed by atoms with Crippen molar-refractivity contribution in [3.05, 3.63) is 15.5 Å². The Kier molecular flexibility index (Phi) is 2.51. The van der Waals surface area contributed by atoms with E-state index in [9.17, 15) is 4.79 Å². The van der Waals surface area contributed by atoms with Gasteiger partial charge in [0.2, 0.25) is 0 Å². The average molecular weight is 217 g/mol. The summed E-state index contributed by atoms with van der Waals surface area (Å²) in [4.78, 5) is 17.5. The lowest BCUT2D eigenvalue weighted by Gasteiger charge is -2.12. The molecule has 5 heteroatoms. The molecule has 1 saturated heterocycles. The highest BCUT2D eigenvalue weighted by Crippen LogP contribution is 2.18. The van der Waals surface area contributed by atoms with Gasteiger partial charge < -0.3 is 4.90 Å². The molecule has 13 heavy (non-hydrogen) atoms. The Morgan fingerprint density at radius 1 is 1.54 bits per heavy atom. The fourth-order valence-electron chi connectivity index (χ4n) is 1.41. The summed E-state index contributed by atoms with van der Waals surface area (Å²) in [5.41, 5.74) is 0. The van der Waals surface area contributed by atoms with Crippen molar-refractivity contribution in [1.29, 1.82) is 0 Å². The van der Waals surface area contributed by atoms with Gasteiger partial charge >= 0.3 is 0 Å². The zero-order valence-corrected chi connectivity index (χ0v) is 8.57. The molecule has 0 aliphatic carbocycles. The fourth-order valence-corrected chi connectivity index (χ4v) is 2.32. The van der Waals surface area contributed by atoms with Crippen LogP contribution in [0.3, 0.4) is 0 Å². The first-order chi connectivity index (χ1) is 6.27. The summed E-state index contributed by atoms with van der Waals surface area (Å²) in [5, 5.41) is 2.60. The summed E-state index contributed by atoms with van der Waals surface area (Å²) < 4.78 is 0. The number of thiazole rings is 1. The van der Waals surface area contributed by atoms with E-state index in [4.69, 9.17) is 11.6 Å². The van der Waals surface area contributed by atoms with Gasteiger partial charge in [0, 0.05) is 18.5 Å². The highest BCUT2D eigenvalue weighted by molar-refractivity contribution is 7.12. The van der Waals surface area contributed by atoms with Crippen LogP contribution in [-0.4, -0.2) is 28.9 Å². The summed E-state index contributed by atoms with van der Waals surface area (Å²) in [6.45, 7) is 1.71. The molecule has 0 N–H and O–H groups in total. The second kappa shape index (κ2) is 3.64. The first kappa shape index (κ1) is 8.97. The number of halogens is 1. The minimum absolute atomic E-state index is 0.0226. The SMILES string of the molecule is O=C(c1nc(Cl)cs1)N1CCCC1. The van der Waals surface area contributed by atoms with Gasteiger partial charge in [0.05, 0.1) is 0 Å². The van der Waals surface area contributed by atoms with Crippen molar-refractivity contribution in [2.45, 2.75) is 12.8 Å². The van der Waals surface area contributed by atoms with E-state index in [1.165, 1.54) is 11.3 Å². The van der Waals surface area contributed by atoms with Gasteiger partial charge in [-0.15, -0.1) is 11.3 Å². The van der Waals surface area contributed by atoms with Crippen molar-refractivity contribution in [3.63, 3.8) is 0 Å². The fraction of sp³-hybridized carbons (Fsp3) is 0.500. The Balaban J connectivity index is 2.12. The number of carbonyl (C=O) groups is 1. The Morgan fingerprint density at radius 3 is 2.77 bits per heavy atom. The highest BCUT2D eigenvalue weighted by atomic mass is 35.5. The van der Waals surface area contributed by atoms with E-state index >= 15 is 0 Å². The number of nitrogens with zero attached hydrogens (tertiary/aromatic N) is 2. The first-order valence-corrected chi connectivity index (χ1v) is 5.43. The Morgan fingerprint density at radius 2 is 2.23 bits per heavy atom. The van der Waals surface area contributed by atoms with E-state index in [2.05, 4.69) is 4.98 Å². The summed E-state index contributed by atoms with van der Waals surface area (Å²) in [5.74, 6) is 0.0226. The smallest absolute Gasteiger partial charge is 0.282 e. The molecule has 0 aromatic carbocycles. The predicted octanol–water partition coefficient (Wildman–Crippen LogP) is 2.03. The van der Waals surface area contributed by atoms with Crippen molar-refractivity contribution in [2.75, 3.05) is 13.1 Å². The lowest BCUT2D eigenvalue weighted by molar-refractivity contribution is 0.0792. The van der Waals surface area contributed by atoms with Crippen LogP contribution in [0.25, 0.3) is 0 Å². The van der Waals surface area contributed by atoms with Crippen LogP contribution in [0.15, 0.2) is 5.38 Å². The molecule has 1 fully saturated rings. The molecule has 1 aliphatic heterocycles. The number of rotatable bonds is 1. The quantitative estimate of drug-likeness (QED) is 0.720. The number of aromatic nitrogens is 1. The lowest BCUT2D eigenvalue weighted by atomic mass is 10.4. The van der Waals surface area contributed by atoms with Gasteiger partial charge in [-0.2, -0.15) is 0 Å². The van der Waals surface area contributed by atoms with E-state index in [-0.39, 0.29) is 5.91 Å². The van der Waals surface area contributed by atoms with Crippen molar-refractivity contribution >= 4 is 28.8 Å². The second-order valence-corrected chi connectivity index (χ2v) is 4.22. The molecule has 1 aromatic heterocycles. The van der Waals surface area contributed by atoms with Crippen molar-refractivity contribution in [2.24, 2.45) is 0 Å². The molecule has 2 rings (SSSR count). The number of amides is 1. The average Bonchev–Trinajstić information content (AvgIpc) is 2.72. The van der Waals surface area contributed by atoms with Crippen LogP contribution in [0.1, 0.15) is 22.6 Å². The molecule has 0 spiro atoms. The van der Waals surface area contributed by atoms with Gasteiger partial charge in [-0.05, 0) is 12.8 Å². The maximum Gasteiger partial charge on any atom is 0.282 e. The van der Waals surface area contributed by atoms with E-state index in [0.29, 0.717) is 10.2 Å². The molecule has 70 valence electrons. The monoisotopic (exact) mass is 216 g/mol. The third kappa shape index (κ3) is 1.84. The first-order valence-electron chi connectivity index (χ1n) is 4.17. The number of hydrogen-bond donors (Lipinski definition) is 0. The van der Waals surface area contributed by atoms with Gasteiger partial charge in [0.15, 0.2) is 5.01 Å². The van der Waals surface area contributed by atoms with Crippen LogP contribution in [0.5, 0.6) is 0 Å². The summed E-state index contributed by atoms with van der Waals surface area (Å²) in [6.07, 6.45) is 2.20. The molecule has 3 nitrogen and oxygen atoms in total. The minimum atomic E-state index is 0.0226. The van der Waals surface area contributed by atoms with Crippen LogP contribution in [0.4, 0.5) is 0 Å². The lowest BCUT2D eigenvalue weighted by Crippen LogP contribution is -2.27. The topological polar surface area (TPSA) is 33.2 Å². The normalized spacial score (nSPS) is 16.5. The second-order valence-electron chi connectivity index (χ2n) is 2.97. The maximum absolute atomic E-state index is 11.7. The predicted molar refractivity (Wildman–Crippen MR) is 52.3 cm³/mol.